The number of likely N-dealkylation sites (tertiary alicyclic amines) is 1. The number of carbonyl (C=O) groups is 1. The summed E-state index contributed by atoms with van der Waals surface area (Å²) in [5.41, 5.74) is 2.17. The van der Waals surface area contributed by atoms with E-state index in [1.54, 1.807) is 4.90 Å². The fourth-order valence-electron chi connectivity index (χ4n) is 4.20. The van der Waals surface area contributed by atoms with Gasteiger partial charge in [0.2, 0.25) is 5.91 Å². The predicted molar refractivity (Wildman–Crippen MR) is 93.6 cm³/mol. The Morgan fingerprint density at radius 3 is 2.79 bits per heavy atom. The lowest BCUT2D eigenvalue weighted by Crippen LogP contribution is -2.33. The molecule has 3 heterocycles. The van der Waals surface area contributed by atoms with Gasteiger partial charge in [-0.05, 0) is 30.9 Å². The standard InChI is InChI=1S/C18H22N2O3S/c1-2-19-11-14(15-5-3-4-6-16(15)19)9-18(21)20-10-13-7-8-24(22,23)17(13)12-20/h3-6,11,13,17H,2,7-10,12H2,1H3/t13-,17+/m0/s1. The Bertz CT molecular complexity index is 900. The van der Waals surface area contributed by atoms with Gasteiger partial charge in [0.1, 0.15) is 0 Å². The van der Waals surface area contributed by atoms with E-state index in [9.17, 15) is 13.2 Å². The van der Waals surface area contributed by atoms with Crippen molar-refractivity contribution < 1.29 is 13.2 Å². The van der Waals surface area contributed by atoms with Gasteiger partial charge in [0.05, 0.1) is 17.4 Å². The number of rotatable bonds is 3. The molecule has 0 bridgehead atoms. The average molecular weight is 346 g/mol. The van der Waals surface area contributed by atoms with E-state index >= 15 is 0 Å². The van der Waals surface area contributed by atoms with Crippen LogP contribution in [0, 0.1) is 5.92 Å². The summed E-state index contributed by atoms with van der Waals surface area (Å²) in [5, 5.41) is 0.776. The highest BCUT2D eigenvalue weighted by molar-refractivity contribution is 7.92. The van der Waals surface area contributed by atoms with E-state index in [4.69, 9.17) is 0 Å². The quantitative estimate of drug-likeness (QED) is 0.852. The molecule has 0 spiro atoms. The van der Waals surface area contributed by atoms with Crippen LogP contribution in [0.5, 0.6) is 0 Å². The molecule has 2 aromatic rings. The van der Waals surface area contributed by atoms with Crippen molar-refractivity contribution in [2.75, 3.05) is 18.8 Å². The third-order valence-electron chi connectivity index (χ3n) is 5.52. The van der Waals surface area contributed by atoms with Crippen molar-refractivity contribution in [1.29, 1.82) is 0 Å². The van der Waals surface area contributed by atoms with Gasteiger partial charge in [0.15, 0.2) is 9.84 Å². The molecule has 0 unspecified atom stereocenters. The number of carbonyl (C=O) groups excluding carboxylic acids is 1. The maximum atomic E-state index is 12.7. The zero-order chi connectivity index (χ0) is 16.9. The number of nitrogens with zero attached hydrogens (tertiary/aromatic N) is 2. The highest BCUT2D eigenvalue weighted by atomic mass is 32.2. The monoisotopic (exact) mass is 346 g/mol. The molecule has 1 aromatic carbocycles. The van der Waals surface area contributed by atoms with Gasteiger partial charge in [-0.15, -0.1) is 0 Å². The Morgan fingerprint density at radius 1 is 1.25 bits per heavy atom. The van der Waals surface area contributed by atoms with Gasteiger partial charge < -0.3 is 9.47 Å². The zero-order valence-corrected chi connectivity index (χ0v) is 14.6. The van der Waals surface area contributed by atoms with E-state index in [-0.39, 0.29) is 22.8 Å². The largest absolute Gasteiger partial charge is 0.347 e. The summed E-state index contributed by atoms with van der Waals surface area (Å²) in [5.74, 6) is 0.462. The molecule has 0 radical (unpaired) electrons. The van der Waals surface area contributed by atoms with Crippen molar-refractivity contribution in [2.45, 2.75) is 31.6 Å². The Morgan fingerprint density at radius 2 is 2.04 bits per heavy atom. The van der Waals surface area contributed by atoms with E-state index in [0.29, 0.717) is 25.9 Å². The summed E-state index contributed by atoms with van der Waals surface area (Å²) in [6.45, 7) is 3.92. The van der Waals surface area contributed by atoms with Gasteiger partial charge in [-0.25, -0.2) is 8.42 Å². The fraction of sp³-hybridized carbons (Fsp3) is 0.500. The molecule has 2 aliphatic heterocycles. The van der Waals surface area contributed by atoms with Crippen molar-refractivity contribution in [3.63, 3.8) is 0 Å². The van der Waals surface area contributed by atoms with Crippen LogP contribution in [0.15, 0.2) is 30.5 Å². The Hall–Kier alpha value is -1.82. The van der Waals surface area contributed by atoms with Crippen LogP contribution in [0.3, 0.4) is 0 Å². The van der Waals surface area contributed by atoms with Crippen LogP contribution in [0.1, 0.15) is 18.9 Å². The third kappa shape index (κ3) is 2.44. The molecule has 4 rings (SSSR count). The molecule has 5 nitrogen and oxygen atoms in total. The number of hydrogen-bond donors (Lipinski definition) is 0. The molecule has 0 aliphatic carbocycles. The number of fused-ring (bicyclic) bond motifs is 2. The van der Waals surface area contributed by atoms with Crippen LogP contribution >= 0.6 is 0 Å². The van der Waals surface area contributed by atoms with Crippen molar-refractivity contribution >= 4 is 26.6 Å². The van der Waals surface area contributed by atoms with Gasteiger partial charge in [-0.1, -0.05) is 18.2 Å². The molecule has 6 heteroatoms. The lowest BCUT2D eigenvalue weighted by Gasteiger charge is -2.17. The van der Waals surface area contributed by atoms with Gasteiger partial charge in [-0.2, -0.15) is 0 Å². The molecule has 0 saturated carbocycles. The average Bonchev–Trinajstić information content (AvgIpc) is 3.22. The van der Waals surface area contributed by atoms with E-state index in [1.165, 1.54) is 0 Å². The zero-order valence-electron chi connectivity index (χ0n) is 13.8. The minimum absolute atomic E-state index is 0.0404. The molecule has 2 atom stereocenters. The molecular weight excluding hydrogens is 324 g/mol. The highest BCUT2D eigenvalue weighted by Gasteiger charge is 2.47. The minimum Gasteiger partial charge on any atom is -0.347 e. The molecule has 1 aromatic heterocycles. The van der Waals surface area contributed by atoms with Crippen LogP contribution in [-0.4, -0.2) is 47.9 Å². The molecule has 128 valence electrons. The van der Waals surface area contributed by atoms with Gasteiger partial charge in [0.25, 0.3) is 0 Å². The third-order valence-corrected chi connectivity index (χ3v) is 7.78. The first kappa shape index (κ1) is 15.7. The molecule has 0 N–H and O–H groups in total. The number of amides is 1. The normalized spacial score (nSPS) is 25.3. The first-order chi connectivity index (χ1) is 11.5. The Balaban J connectivity index is 1.56. The van der Waals surface area contributed by atoms with Crippen LogP contribution in [-0.2, 0) is 27.6 Å². The Labute approximate surface area is 142 Å². The second-order valence-corrected chi connectivity index (χ2v) is 9.23. The summed E-state index contributed by atoms with van der Waals surface area (Å²) in [4.78, 5) is 14.5. The van der Waals surface area contributed by atoms with Crippen molar-refractivity contribution in [2.24, 2.45) is 5.92 Å². The van der Waals surface area contributed by atoms with Crippen molar-refractivity contribution in [1.82, 2.24) is 9.47 Å². The van der Waals surface area contributed by atoms with Gasteiger partial charge in [-0.3, -0.25) is 4.79 Å². The summed E-state index contributed by atoms with van der Waals surface area (Å²) >= 11 is 0. The van der Waals surface area contributed by atoms with E-state index in [2.05, 4.69) is 23.8 Å². The summed E-state index contributed by atoms with van der Waals surface area (Å²) in [7, 11) is -3.00. The minimum atomic E-state index is -3.00. The molecule has 24 heavy (non-hydrogen) atoms. The number of benzene rings is 1. The maximum absolute atomic E-state index is 12.7. The number of aromatic nitrogens is 1. The first-order valence-corrected chi connectivity index (χ1v) is 10.3. The van der Waals surface area contributed by atoms with Crippen LogP contribution in [0.4, 0.5) is 0 Å². The molecule has 2 saturated heterocycles. The van der Waals surface area contributed by atoms with E-state index < -0.39 is 9.84 Å². The van der Waals surface area contributed by atoms with Crippen molar-refractivity contribution in [3.8, 4) is 0 Å². The highest BCUT2D eigenvalue weighted by Crippen LogP contribution is 2.34. The summed E-state index contributed by atoms with van der Waals surface area (Å²) < 4.78 is 26.2. The second-order valence-electron chi connectivity index (χ2n) is 6.89. The van der Waals surface area contributed by atoms with Crippen LogP contribution in [0.25, 0.3) is 10.9 Å². The molecule has 2 aliphatic rings. The second kappa shape index (κ2) is 5.62. The predicted octanol–water partition coefficient (Wildman–Crippen LogP) is 1.85. The van der Waals surface area contributed by atoms with Gasteiger partial charge >= 0.3 is 0 Å². The van der Waals surface area contributed by atoms with Crippen molar-refractivity contribution in [3.05, 3.63) is 36.0 Å². The SMILES string of the molecule is CCn1cc(CC(=O)N2C[C@@H]3CCS(=O)(=O)[C@@H]3C2)c2ccccc21. The van der Waals surface area contributed by atoms with E-state index in [1.807, 2.05) is 18.2 Å². The lowest BCUT2D eigenvalue weighted by molar-refractivity contribution is -0.129. The Kier molecular flexibility index (Phi) is 3.67. The lowest BCUT2D eigenvalue weighted by atomic mass is 10.1. The van der Waals surface area contributed by atoms with Gasteiger partial charge in [0, 0.05) is 36.7 Å². The fourth-order valence-corrected chi connectivity index (χ4v) is 6.35. The smallest absolute Gasteiger partial charge is 0.227 e. The molecule has 2 fully saturated rings. The van der Waals surface area contributed by atoms with Crippen LogP contribution in [0.2, 0.25) is 0 Å². The molecule has 1 amide bonds. The van der Waals surface area contributed by atoms with E-state index in [0.717, 1.165) is 23.0 Å². The number of hydrogen-bond acceptors (Lipinski definition) is 3. The number of aryl methyl sites for hydroxylation is 1. The maximum Gasteiger partial charge on any atom is 0.227 e. The summed E-state index contributed by atoms with van der Waals surface area (Å²) in [6.07, 6.45) is 3.09. The number of para-hydroxylation sites is 1. The first-order valence-electron chi connectivity index (χ1n) is 8.55. The summed E-state index contributed by atoms with van der Waals surface area (Å²) in [6, 6.07) is 8.11. The number of sulfone groups is 1. The topological polar surface area (TPSA) is 59.4 Å². The van der Waals surface area contributed by atoms with Crippen LogP contribution < -0.4 is 0 Å². The molecular formula is C18H22N2O3S.